The van der Waals surface area contributed by atoms with Crippen LogP contribution in [0.1, 0.15) is 84.5 Å². The molecule has 0 aliphatic carbocycles. The van der Waals surface area contributed by atoms with E-state index < -0.39 is 0 Å². The number of unbranched alkanes of at least 4 members (excludes halogenated alkanes) is 5. The molecule has 102 valence electrons. The van der Waals surface area contributed by atoms with Crippen molar-refractivity contribution in [1.29, 1.82) is 0 Å². The molecule has 0 aromatic rings. The second-order valence-corrected chi connectivity index (χ2v) is 4.99. The third kappa shape index (κ3) is 11.9. The van der Waals surface area contributed by atoms with Crippen LogP contribution in [0.5, 0.6) is 0 Å². The number of Topliss-reactive ketones (excluding diaryl/α,β-unsaturated/α-hetero) is 1. The molecular weight excluding hydrogens is 212 g/mol. The molecule has 0 aliphatic heterocycles. The van der Waals surface area contributed by atoms with Gasteiger partial charge in [-0.3, -0.25) is 4.79 Å². The van der Waals surface area contributed by atoms with Gasteiger partial charge in [-0.15, -0.1) is 0 Å². The van der Waals surface area contributed by atoms with Crippen LogP contribution in [0.25, 0.3) is 0 Å². The zero-order valence-electron chi connectivity index (χ0n) is 11.7. The summed E-state index contributed by atoms with van der Waals surface area (Å²) in [5.41, 5.74) is 0. The van der Waals surface area contributed by atoms with E-state index in [1.165, 1.54) is 19.3 Å². The maximum Gasteiger partial charge on any atom is 0.132 e. The van der Waals surface area contributed by atoms with E-state index >= 15 is 0 Å². The van der Waals surface area contributed by atoms with Gasteiger partial charge in [0.25, 0.3) is 0 Å². The van der Waals surface area contributed by atoms with E-state index in [-0.39, 0.29) is 6.10 Å². The van der Waals surface area contributed by atoms with Crippen molar-refractivity contribution in [1.82, 2.24) is 0 Å². The lowest BCUT2D eigenvalue weighted by atomic mass is 10.0. The van der Waals surface area contributed by atoms with Crippen molar-refractivity contribution in [3.8, 4) is 0 Å². The molecule has 2 heteroatoms. The fraction of sp³-hybridized carbons (Fsp3) is 0.933. The van der Waals surface area contributed by atoms with Crippen molar-refractivity contribution in [2.45, 2.75) is 90.6 Å². The lowest BCUT2D eigenvalue weighted by Crippen LogP contribution is -2.06. The lowest BCUT2D eigenvalue weighted by Gasteiger charge is -2.09. The summed E-state index contributed by atoms with van der Waals surface area (Å²) in [4.78, 5) is 11.1. The summed E-state index contributed by atoms with van der Waals surface area (Å²) in [7, 11) is 0. The maximum atomic E-state index is 11.1. The Balaban J connectivity index is 3.21. The van der Waals surface area contributed by atoms with Gasteiger partial charge >= 0.3 is 0 Å². The molecule has 0 radical (unpaired) electrons. The average Bonchev–Trinajstić information content (AvgIpc) is 2.34. The summed E-state index contributed by atoms with van der Waals surface area (Å²) >= 11 is 0. The van der Waals surface area contributed by atoms with Gasteiger partial charge in [-0.2, -0.15) is 0 Å². The molecule has 0 aromatic heterocycles. The van der Waals surface area contributed by atoms with Crippen LogP contribution < -0.4 is 0 Å². The van der Waals surface area contributed by atoms with Crippen molar-refractivity contribution < 1.29 is 9.90 Å². The molecule has 17 heavy (non-hydrogen) atoms. The molecule has 1 N–H and O–H groups in total. The molecule has 1 unspecified atom stereocenters. The molecule has 1 atom stereocenters. The summed E-state index contributed by atoms with van der Waals surface area (Å²) in [6, 6.07) is 0. The quantitative estimate of drug-likeness (QED) is 0.519. The minimum Gasteiger partial charge on any atom is -0.393 e. The predicted octanol–water partition coefficient (Wildman–Crippen LogP) is 4.25. The maximum absolute atomic E-state index is 11.1. The second-order valence-electron chi connectivity index (χ2n) is 4.99. The van der Waals surface area contributed by atoms with Gasteiger partial charge < -0.3 is 5.11 Å². The van der Waals surface area contributed by atoms with E-state index in [0.29, 0.717) is 12.2 Å². The van der Waals surface area contributed by atoms with Gasteiger partial charge in [-0.05, 0) is 19.3 Å². The zero-order chi connectivity index (χ0) is 12.9. The molecule has 0 rings (SSSR count). The normalized spacial score (nSPS) is 12.6. The van der Waals surface area contributed by atoms with E-state index in [9.17, 15) is 9.90 Å². The molecule has 0 spiro atoms. The van der Waals surface area contributed by atoms with Gasteiger partial charge in [0, 0.05) is 12.8 Å². The van der Waals surface area contributed by atoms with E-state index in [4.69, 9.17) is 0 Å². The van der Waals surface area contributed by atoms with Crippen LogP contribution in [0.2, 0.25) is 0 Å². The summed E-state index contributed by atoms with van der Waals surface area (Å²) in [5, 5.41) is 9.74. The van der Waals surface area contributed by atoms with E-state index in [1.807, 2.05) is 6.92 Å². The van der Waals surface area contributed by atoms with E-state index in [0.717, 1.165) is 44.9 Å². The standard InChI is InChI=1S/C15H30O2/c1-3-5-6-8-12-15(17)13-10-7-9-11-14(16)4-2/h15,17H,3-13H2,1-2H3. The first-order valence-corrected chi connectivity index (χ1v) is 7.40. The third-order valence-corrected chi connectivity index (χ3v) is 3.28. The number of carbonyl (C=O) groups is 1. The number of aliphatic hydroxyl groups excluding tert-OH is 1. The highest BCUT2D eigenvalue weighted by Crippen LogP contribution is 2.12. The number of carbonyl (C=O) groups excluding carboxylic acids is 1. The Morgan fingerprint density at radius 3 is 2.06 bits per heavy atom. The Hall–Kier alpha value is -0.370. The molecular formula is C15H30O2. The number of ketones is 1. The molecule has 0 bridgehead atoms. The average molecular weight is 242 g/mol. The molecule has 0 heterocycles. The van der Waals surface area contributed by atoms with Crippen molar-refractivity contribution in [3.63, 3.8) is 0 Å². The first-order valence-electron chi connectivity index (χ1n) is 7.40. The highest BCUT2D eigenvalue weighted by molar-refractivity contribution is 5.77. The highest BCUT2D eigenvalue weighted by atomic mass is 16.3. The van der Waals surface area contributed by atoms with Crippen LogP contribution >= 0.6 is 0 Å². The molecule has 0 amide bonds. The smallest absolute Gasteiger partial charge is 0.132 e. The summed E-state index contributed by atoms with van der Waals surface area (Å²) in [6.45, 7) is 4.12. The van der Waals surface area contributed by atoms with Crippen molar-refractivity contribution in [3.05, 3.63) is 0 Å². The Labute approximate surface area is 107 Å². The summed E-state index contributed by atoms with van der Waals surface area (Å²) in [5.74, 6) is 0.366. The molecule has 0 saturated heterocycles. The topological polar surface area (TPSA) is 37.3 Å². The fourth-order valence-corrected chi connectivity index (χ4v) is 2.01. The molecule has 0 aromatic carbocycles. The van der Waals surface area contributed by atoms with Crippen LogP contribution in [-0.4, -0.2) is 17.0 Å². The van der Waals surface area contributed by atoms with Gasteiger partial charge in [-0.25, -0.2) is 0 Å². The minimum atomic E-state index is -0.117. The second kappa shape index (κ2) is 12.1. The van der Waals surface area contributed by atoms with Crippen LogP contribution in [0.4, 0.5) is 0 Å². The van der Waals surface area contributed by atoms with Gasteiger partial charge in [-0.1, -0.05) is 52.4 Å². The number of aliphatic hydroxyl groups is 1. The van der Waals surface area contributed by atoms with E-state index in [2.05, 4.69) is 6.92 Å². The van der Waals surface area contributed by atoms with Crippen molar-refractivity contribution in [2.24, 2.45) is 0 Å². The third-order valence-electron chi connectivity index (χ3n) is 3.28. The first kappa shape index (κ1) is 16.6. The van der Waals surface area contributed by atoms with Gasteiger partial charge in [0.15, 0.2) is 0 Å². The fourth-order valence-electron chi connectivity index (χ4n) is 2.01. The lowest BCUT2D eigenvalue weighted by molar-refractivity contribution is -0.118. The number of hydrogen-bond donors (Lipinski definition) is 1. The first-order chi connectivity index (χ1) is 8.20. The Morgan fingerprint density at radius 1 is 0.941 bits per heavy atom. The molecule has 0 fully saturated rings. The monoisotopic (exact) mass is 242 g/mol. The number of rotatable bonds is 12. The van der Waals surface area contributed by atoms with Crippen LogP contribution in [0.15, 0.2) is 0 Å². The Bertz CT molecular complexity index is 178. The van der Waals surface area contributed by atoms with Crippen molar-refractivity contribution in [2.75, 3.05) is 0 Å². The molecule has 0 saturated carbocycles. The SMILES string of the molecule is CCCCCCC(O)CCCCCC(=O)CC. The van der Waals surface area contributed by atoms with Crippen LogP contribution in [-0.2, 0) is 4.79 Å². The molecule has 0 aliphatic rings. The largest absolute Gasteiger partial charge is 0.393 e. The van der Waals surface area contributed by atoms with Gasteiger partial charge in [0.2, 0.25) is 0 Å². The van der Waals surface area contributed by atoms with Crippen LogP contribution in [0.3, 0.4) is 0 Å². The van der Waals surface area contributed by atoms with E-state index in [1.54, 1.807) is 0 Å². The minimum absolute atomic E-state index is 0.117. The molecule has 2 nitrogen and oxygen atoms in total. The predicted molar refractivity (Wildman–Crippen MR) is 73.1 cm³/mol. The van der Waals surface area contributed by atoms with Crippen molar-refractivity contribution >= 4 is 5.78 Å². The zero-order valence-corrected chi connectivity index (χ0v) is 11.7. The summed E-state index contributed by atoms with van der Waals surface area (Å²) in [6.07, 6.45) is 11.2. The van der Waals surface area contributed by atoms with Gasteiger partial charge in [0.05, 0.1) is 6.10 Å². The highest BCUT2D eigenvalue weighted by Gasteiger charge is 2.04. The number of hydrogen-bond acceptors (Lipinski definition) is 2. The Kier molecular flexibility index (Phi) is 11.8. The summed E-state index contributed by atoms with van der Waals surface area (Å²) < 4.78 is 0. The Morgan fingerprint density at radius 2 is 1.53 bits per heavy atom. The van der Waals surface area contributed by atoms with Crippen LogP contribution in [0, 0.1) is 0 Å². The van der Waals surface area contributed by atoms with Gasteiger partial charge in [0.1, 0.15) is 5.78 Å².